The second-order valence-corrected chi connectivity index (χ2v) is 8.46. The van der Waals surface area contributed by atoms with Crippen molar-refractivity contribution in [2.24, 2.45) is 5.73 Å². The number of amides is 2. The van der Waals surface area contributed by atoms with Gasteiger partial charge < -0.3 is 20.4 Å². The Morgan fingerprint density at radius 2 is 1.71 bits per heavy atom. The molecule has 0 radical (unpaired) electrons. The highest BCUT2D eigenvalue weighted by Gasteiger charge is 2.28. The van der Waals surface area contributed by atoms with Crippen molar-refractivity contribution in [1.82, 2.24) is 19.5 Å². The van der Waals surface area contributed by atoms with Crippen LogP contribution in [0.25, 0.3) is 16.9 Å². The van der Waals surface area contributed by atoms with Gasteiger partial charge in [0.15, 0.2) is 5.69 Å². The zero-order chi connectivity index (χ0) is 24.5. The number of carbonyl (C=O) groups is 2. The number of benzene rings is 2. The maximum Gasteiger partial charge on any atom is 0.269 e. The molecule has 9 heteroatoms. The minimum atomic E-state index is -0.598. The first-order valence-corrected chi connectivity index (χ1v) is 11.3. The average molecular weight is 474 g/mol. The number of nitrogens with zero attached hydrogens (tertiary/aromatic N) is 3. The zero-order valence-electron chi connectivity index (χ0n) is 18.9. The number of hydrogen-bond acceptors (Lipinski definition) is 4. The van der Waals surface area contributed by atoms with Crippen molar-refractivity contribution in [3.8, 4) is 22.8 Å². The molecule has 0 saturated carbocycles. The van der Waals surface area contributed by atoms with Crippen LogP contribution in [-0.4, -0.2) is 44.4 Å². The number of aromatic nitrogens is 3. The largest absolute Gasteiger partial charge is 0.457 e. The Morgan fingerprint density at radius 1 is 1.09 bits per heavy atom. The van der Waals surface area contributed by atoms with Crippen LogP contribution in [0, 0.1) is 5.82 Å². The molecule has 4 aromatic rings. The standard InChI is InChI=1S/C26H24FN5O3/c1-2-22(33)31-13-11-16(12-14-31)21-15-29-32-24(25(28)34)23(30-26(21)32)17-3-7-19(8-4-17)35-20-9-5-18(27)6-10-20/h2-10,15-16,30H,1,11-14H2,(H2,28,34). The molecule has 8 nitrogen and oxygen atoms in total. The van der Waals surface area contributed by atoms with Crippen molar-refractivity contribution in [3.63, 3.8) is 0 Å². The van der Waals surface area contributed by atoms with Gasteiger partial charge in [0, 0.05) is 24.2 Å². The first-order chi connectivity index (χ1) is 16.9. The number of H-pyrrole nitrogens is 1. The fourth-order valence-corrected chi connectivity index (χ4v) is 4.54. The monoisotopic (exact) mass is 473 g/mol. The number of aromatic amines is 1. The van der Waals surface area contributed by atoms with E-state index in [-0.39, 0.29) is 23.3 Å². The van der Waals surface area contributed by atoms with E-state index in [0.717, 1.165) is 24.0 Å². The number of halogens is 1. The third-order valence-electron chi connectivity index (χ3n) is 6.34. The Balaban J connectivity index is 1.42. The highest BCUT2D eigenvalue weighted by atomic mass is 19.1. The number of nitrogens with two attached hydrogens (primary N) is 1. The van der Waals surface area contributed by atoms with Crippen molar-refractivity contribution in [1.29, 1.82) is 0 Å². The summed E-state index contributed by atoms with van der Waals surface area (Å²) >= 11 is 0. The Kier molecular flexibility index (Phi) is 5.82. The average Bonchev–Trinajstić information content (AvgIpc) is 3.45. The van der Waals surface area contributed by atoms with Gasteiger partial charge in [0.05, 0.1) is 11.9 Å². The number of rotatable bonds is 6. The van der Waals surface area contributed by atoms with Crippen LogP contribution in [0.2, 0.25) is 0 Å². The molecule has 2 amide bonds. The molecule has 0 unspecified atom stereocenters. The minimum absolute atomic E-state index is 0.0615. The SMILES string of the molecule is C=CC(=O)N1CCC(c2cnn3c(C(N)=O)c(-c4ccc(Oc5ccc(F)cc5)cc4)[nH]c23)CC1. The molecule has 0 atom stereocenters. The minimum Gasteiger partial charge on any atom is -0.457 e. The van der Waals surface area contributed by atoms with Crippen LogP contribution in [0.5, 0.6) is 11.5 Å². The number of hydrogen-bond donors (Lipinski definition) is 2. The molecule has 0 aliphatic carbocycles. The van der Waals surface area contributed by atoms with E-state index in [1.807, 2.05) is 12.1 Å². The number of fused-ring (bicyclic) bond motifs is 1. The van der Waals surface area contributed by atoms with E-state index in [4.69, 9.17) is 10.5 Å². The van der Waals surface area contributed by atoms with Crippen LogP contribution in [0.3, 0.4) is 0 Å². The fraction of sp³-hybridized carbons (Fsp3) is 0.192. The molecule has 1 aliphatic rings. The van der Waals surface area contributed by atoms with E-state index in [1.165, 1.54) is 18.2 Å². The smallest absolute Gasteiger partial charge is 0.269 e. The molecule has 2 aromatic heterocycles. The molecule has 35 heavy (non-hydrogen) atoms. The molecule has 2 aromatic carbocycles. The van der Waals surface area contributed by atoms with Gasteiger partial charge in [-0.25, -0.2) is 8.91 Å². The lowest BCUT2D eigenvalue weighted by molar-refractivity contribution is -0.127. The number of carbonyl (C=O) groups excluding carboxylic acids is 2. The van der Waals surface area contributed by atoms with E-state index < -0.39 is 5.91 Å². The van der Waals surface area contributed by atoms with Gasteiger partial charge in [-0.15, -0.1) is 0 Å². The maximum atomic E-state index is 13.1. The van der Waals surface area contributed by atoms with Gasteiger partial charge >= 0.3 is 0 Å². The van der Waals surface area contributed by atoms with Crippen molar-refractivity contribution < 1.29 is 18.7 Å². The number of primary amides is 1. The molecule has 3 heterocycles. The zero-order valence-corrected chi connectivity index (χ0v) is 18.9. The molecule has 3 N–H and O–H groups in total. The maximum absolute atomic E-state index is 13.1. The van der Waals surface area contributed by atoms with E-state index in [1.54, 1.807) is 39.9 Å². The van der Waals surface area contributed by atoms with Gasteiger partial charge in [-0.1, -0.05) is 6.58 Å². The van der Waals surface area contributed by atoms with E-state index in [0.29, 0.717) is 35.9 Å². The molecule has 1 saturated heterocycles. The predicted molar refractivity (Wildman–Crippen MR) is 129 cm³/mol. The van der Waals surface area contributed by atoms with Gasteiger partial charge in [0.2, 0.25) is 5.91 Å². The first kappa shape index (κ1) is 22.4. The van der Waals surface area contributed by atoms with Crippen LogP contribution >= 0.6 is 0 Å². The Hall–Kier alpha value is -4.40. The van der Waals surface area contributed by atoms with Crippen LogP contribution in [0.15, 0.2) is 67.4 Å². The second-order valence-electron chi connectivity index (χ2n) is 8.46. The van der Waals surface area contributed by atoms with Crippen molar-refractivity contribution in [2.75, 3.05) is 13.1 Å². The lowest BCUT2D eigenvalue weighted by Gasteiger charge is -2.30. The summed E-state index contributed by atoms with van der Waals surface area (Å²) in [4.78, 5) is 29.4. The summed E-state index contributed by atoms with van der Waals surface area (Å²) in [6.45, 7) is 4.83. The normalized spacial score (nSPS) is 14.3. The predicted octanol–water partition coefficient (Wildman–Crippen LogP) is 4.25. The summed E-state index contributed by atoms with van der Waals surface area (Å²) in [5, 5.41) is 4.44. The number of ether oxygens (including phenoxy) is 1. The fourth-order valence-electron chi connectivity index (χ4n) is 4.54. The topological polar surface area (TPSA) is 106 Å². The molecule has 0 bridgehead atoms. The molecular formula is C26H24FN5O3. The summed E-state index contributed by atoms with van der Waals surface area (Å²) in [6, 6.07) is 12.9. The van der Waals surface area contributed by atoms with E-state index in [9.17, 15) is 14.0 Å². The summed E-state index contributed by atoms with van der Waals surface area (Å²) in [6.07, 6.45) is 4.68. The van der Waals surface area contributed by atoms with E-state index in [2.05, 4.69) is 16.7 Å². The molecule has 1 fully saturated rings. The summed E-state index contributed by atoms with van der Waals surface area (Å²) in [5.74, 6) is 0.283. The second kappa shape index (κ2) is 9.09. The third-order valence-corrected chi connectivity index (χ3v) is 6.34. The van der Waals surface area contributed by atoms with Crippen LogP contribution < -0.4 is 10.5 Å². The van der Waals surface area contributed by atoms with Crippen LogP contribution in [-0.2, 0) is 4.79 Å². The van der Waals surface area contributed by atoms with Crippen LogP contribution in [0.4, 0.5) is 4.39 Å². The molecular weight excluding hydrogens is 449 g/mol. The number of likely N-dealkylation sites (tertiary alicyclic amines) is 1. The quantitative estimate of drug-likeness (QED) is 0.408. The lowest BCUT2D eigenvalue weighted by atomic mass is 9.91. The molecule has 178 valence electrons. The van der Waals surface area contributed by atoms with Gasteiger partial charge in [0.25, 0.3) is 5.91 Å². The third kappa shape index (κ3) is 4.28. The van der Waals surface area contributed by atoms with E-state index >= 15 is 0 Å². The number of imidazole rings is 1. The van der Waals surface area contributed by atoms with Gasteiger partial charge in [0.1, 0.15) is 23.0 Å². The Morgan fingerprint density at radius 3 is 2.31 bits per heavy atom. The highest BCUT2D eigenvalue weighted by Crippen LogP contribution is 2.34. The molecule has 0 spiro atoms. The van der Waals surface area contributed by atoms with Crippen molar-refractivity contribution in [2.45, 2.75) is 18.8 Å². The summed E-state index contributed by atoms with van der Waals surface area (Å²) in [7, 11) is 0. The highest BCUT2D eigenvalue weighted by molar-refractivity contribution is 5.98. The molecule has 5 rings (SSSR count). The number of piperidine rings is 1. The van der Waals surface area contributed by atoms with Gasteiger partial charge in [-0.05, 0) is 73.4 Å². The van der Waals surface area contributed by atoms with Gasteiger partial charge in [-0.2, -0.15) is 5.10 Å². The van der Waals surface area contributed by atoms with Crippen molar-refractivity contribution >= 4 is 17.5 Å². The summed E-state index contributed by atoms with van der Waals surface area (Å²) in [5.41, 5.74) is 9.01. The first-order valence-electron chi connectivity index (χ1n) is 11.3. The Bertz CT molecular complexity index is 1400. The summed E-state index contributed by atoms with van der Waals surface area (Å²) < 4.78 is 20.4. The molecule has 1 aliphatic heterocycles. The van der Waals surface area contributed by atoms with Crippen LogP contribution in [0.1, 0.15) is 34.8 Å². The Labute approximate surface area is 200 Å². The van der Waals surface area contributed by atoms with Crippen molar-refractivity contribution in [3.05, 3.63) is 84.5 Å². The number of nitrogens with one attached hydrogen (secondary N) is 1. The lowest BCUT2D eigenvalue weighted by Crippen LogP contribution is -2.36. The van der Waals surface area contributed by atoms with Gasteiger partial charge in [-0.3, -0.25) is 9.59 Å².